The molecule has 0 saturated carbocycles. The highest BCUT2D eigenvalue weighted by Gasteiger charge is 2.50. The van der Waals surface area contributed by atoms with Crippen molar-refractivity contribution >= 4 is 18.0 Å². The van der Waals surface area contributed by atoms with Crippen LogP contribution >= 0.6 is 0 Å². The summed E-state index contributed by atoms with van der Waals surface area (Å²) in [6.45, 7) is 6.62. The average Bonchev–Trinajstić information content (AvgIpc) is 3.05. The summed E-state index contributed by atoms with van der Waals surface area (Å²) in [7, 11) is 0. The standard InChI is InChI=1S/C15H21N3O5/c1-14(2,3)23-13(21)18-10-22-12(20)15(18,4)6-5-11(19)17-8-7-16-9-17/h7-9H,5-6,10H2,1-4H3. The molecule has 1 aromatic rings. The topological polar surface area (TPSA) is 90.7 Å². The van der Waals surface area contributed by atoms with E-state index in [2.05, 4.69) is 4.98 Å². The molecule has 0 aliphatic carbocycles. The number of ether oxygens (including phenoxy) is 2. The molecule has 0 spiro atoms. The largest absolute Gasteiger partial charge is 0.444 e. The molecule has 0 radical (unpaired) electrons. The zero-order valence-corrected chi connectivity index (χ0v) is 13.7. The molecule has 1 atom stereocenters. The average molecular weight is 323 g/mol. The third-order valence-electron chi connectivity index (χ3n) is 3.59. The van der Waals surface area contributed by atoms with Gasteiger partial charge in [0.1, 0.15) is 17.5 Å². The van der Waals surface area contributed by atoms with Gasteiger partial charge in [0, 0.05) is 18.8 Å². The van der Waals surface area contributed by atoms with Crippen LogP contribution in [-0.2, 0) is 14.3 Å². The van der Waals surface area contributed by atoms with E-state index in [1.54, 1.807) is 27.7 Å². The molecule has 0 bridgehead atoms. The number of nitrogens with zero attached hydrogens (tertiary/aromatic N) is 3. The first kappa shape index (κ1) is 17.0. The molecule has 0 aromatic carbocycles. The predicted octanol–water partition coefficient (Wildman–Crippen LogP) is 1.81. The Labute approximate surface area is 134 Å². The van der Waals surface area contributed by atoms with Gasteiger partial charge in [0.25, 0.3) is 0 Å². The fourth-order valence-corrected chi connectivity index (χ4v) is 2.23. The van der Waals surface area contributed by atoms with Gasteiger partial charge in [0.2, 0.25) is 5.91 Å². The number of amides is 1. The smallest absolute Gasteiger partial charge is 0.413 e. The van der Waals surface area contributed by atoms with E-state index >= 15 is 0 Å². The summed E-state index contributed by atoms with van der Waals surface area (Å²) in [5.41, 5.74) is -1.91. The van der Waals surface area contributed by atoms with E-state index in [1.165, 1.54) is 28.2 Å². The van der Waals surface area contributed by atoms with E-state index < -0.39 is 23.2 Å². The van der Waals surface area contributed by atoms with Gasteiger partial charge in [0.15, 0.2) is 6.73 Å². The second kappa shape index (κ2) is 6.02. The minimum Gasteiger partial charge on any atom is -0.444 e. The van der Waals surface area contributed by atoms with Gasteiger partial charge in [-0.3, -0.25) is 14.3 Å². The number of aromatic nitrogens is 2. The summed E-state index contributed by atoms with van der Waals surface area (Å²) in [5, 5.41) is 0. The molecule has 126 valence electrons. The molecule has 23 heavy (non-hydrogen) atoms. The lowest BCUT2D eigenvalue weighted by molar-refractivity contribution is -0.142. The van der Waals surface area contributed by atoms with Crippen LogP contribution in [0.4, 0.5) is 4.79 Å². The maximum Gasteiger partial charge on any atom is 0.413 e. The lowest BCUT2D eigenvalue weighted by Gasteiger charge is -2.31. The van der Waals surface area contributed by atoms with Crippen molar-refractivity contribution in [2.45, 2.75) is 51.7 Å². The predicted molar refractivity (Wildman–Crippen MR) is 79.5 cm³/mol. The Bertz CT molecular complexity index is 605. The Morgan fingerprint density at radius 1 is 1.43 bits per heavy atom. The lowest BCUT2D eigenvalue weighted by atomic mass is 9.95. The molecule has 1 saturated heterocycles. The molecule has 2 rings (SSSR count). The summed E-state index contributed by atoms with van der Waals surface area (Å²) in [6.07, 6.45) is 3.99. The van der Waals surface area contributed by atoms with Crippen LogP contribution in [0.15, 0.2) is 18.7 Å². The van der Waals surface area contributed by atoms with Crippen molar-refractivity contribution in [3.05, 3.63) is 18.7 Å². The summed E-state index contributed by atoms with van der Waals surface area (Å²) >= 11 is 0. The molecule has 0 N–H and O–H groups in total. The van der Waals surface area contributed by atoms with E-state index in [-0.39, 0.29) is 25.5 Å². The van der Waals surface area contributed by atoms with Gasteiger partial charge in [-0.05, 0) is 34.1 Å². The molecule has 1 aliphatic rings. The Morgan fingerprint density at radius 2 is 2.13 bits per heavy atom. The number of carbonyl (C=O) groups excluding carboxylic acids is 3. The van der Waals surface area contributed by atoms with Gasteiger partial charge >= 0.3 is 12.1 Å². The Hall–Kier alpha value is -2.38. The third-order valence-corrected chi connectivity index (χ3v) is 3.59. The van der Waals surface area contributed by atoms with E-state index in [0.29, 0.717) is 0 Å². The van der Waals surface area contributed by atoms with Crippen LogP contribution in [0.5, 0.6) is 0 Å². The van der Waals surface area contributed by atoms with Gasteiger partial charge in [0.05, 0.1) is 0 Å². The molecular formula is C15H21N3O5. The first-order chi connectivity index (χ1) is 10.6. The fourth-order valence-electron chi connectivity index (χ4n) is 2.23. The van der Waals surface area contributed by atoms with Crippen LogP contribution in [0.25, 0.3) is 0 Å². The highest BCUT2D eigenvalue weighted by Crippen LogP contribution is 2.30. The second-order valence-corrected chi connectivity index (χ2v) is 6.61. The van der Waals surface area contributed by atoms with Gasteiger partial charge in [-0.1, -0.05) is 0 Å². The number of hydrogen-bond donors (Lipinski definition) is 0. The van der Waals surface area contributed by atoms with Crippen LogP contribution in [0.1, 0.15) is 45.3 Å². The van der Waals surface area contributed by atoms with Crippen molar-refractivity contribution in [1.29, 1.82) is 0 Å². The van der Waals surface area contributed by atoms with Crippen molar-refractivity contribution < 1.29 is 23.9 Å². The second-order valence-electron chi connectivity index (χ2n) is 6.61. The third kappa shape index (κ3) is 3.69. The van der Waals surface area contributed by atoms with Crippen molar-refractivity contribution in [3.8, 4) is 0 Å². The molecule has 8 nitrogen and oxygen atoms in total. The summed E-state index contributed by atoms with van der Waals surface area (Å²) in [4.78, 5) is 41.4. The van der Waals surface area contributed by atoms with Crippen LogP contribution < -0.4 is 0 Å². The van der Waals surface area contributed by atoms with Crippen LogP contribution in [0.3, 0.4) is 0 Å². The molecule has 1 aliphatic heterocycles. The highest BCUT2D eigenvalue weighted by molar-refractivity contribution is 5.89. The van der Waals surface area contributed by atoms with E-state index in [9.17, 15) is 14.4 Å². The lowest BCUT2D eigenvalue weighted by Crippen LogP contribution is -2.50. The summed E-state index contributed by atoms with van der Waals surface area (Å²) < 4.78 is 11.6. The minimum atomic E-state index is -1.22. The molecule has 1 unspecified atom stereocenters. The van der Waals surface area contributed by atoms with Gasteiger partial charge in [-0.15, -0.1) is 0 Å². The first-order valence-electron chi connectivity index (χ1n) is 7.32. The van der Waals surface area contributed by atoms with Crippen molar-refractivity contribution in [2.75, 3.05) is 6.73 Å². The van der Waals surface area contributed by atoms with Gasteiger partial charge in [-0.25, -0.2) is 14.6 Å². The minimum absolute atomic E-state index is 0.0707. The molecule has 8 heteroatoms. The van der Waals surface area contributed by atoms with Gasteiger partial charge in [-0.2, -0.15) is 0 Å². The zero-order chi connectivity index (χ0) is 17.3. The highest BCUT2D eigenvalue weighted by atomic mass is 16.6. The Morgan fingerprint density at radius 3 is 2.70 bits per heavy atom. The Kier molecular flexibility index (Phi) is 4.44. The number of cyclic esters (lactones) is 1. The van der Waals surface area contributed by atoms with E-state index in [0.717, 1.165) is 0 Å². The Balaban J connectivity index is 2.08. The van der Waals surface area contributed by atoms with Crippen molar-refractivity contribution in [2.24, 2.45) is 0 Å². The summed E-state index contributed by atoms with van der Waals surface area (Å²) in [6, 6.07) is 0. The fraction of sp³-hybridized carbons (Fsp3) is 0.600. The van der Waals surface area contributed by atoms with Crippen molar-refractivity contribution in [1.82, 2.24) is 14.5 Å². The quantitative estimate of drug-likeness (QED) is 0.788. The molecule has 1 aromatic heterocycles. The monoisotopic (exact) mass is 323 g/mol. The number of hydrogen-bond acceptors (Lipinski definition) is 6. The summed E-state index contributed by atoms with van der Waals surface area (Å²) in [5.74, 6) is -0.755. The normalized spacial score (nSPS) is 21.2. The van der Waals surface area contributed by atoms with Crippen LogP contribution in [0, 0.1) is 0 Å². The molecule has 1 amide bonds. The van der Waals surface area contributed by atoms with Crippen LogP contribution in [-0.4, -0.2) is 50.3 Å². The van der Waals surface area contributed by atoms with Gasteiger partial charge < -0.3 is 9.47 Å². The zero-order valence-electron chi connectivity index (χ0n) is 13.7. The number of imidazole rings is 1. The van der Waals surface area contributed by atoms with E-state index in [4.69, 9.17) is 9.47 Å². The molecular weight excluding hydrogens is 302 g/mol. The van der Waals surface area contributed by atoms with Crippen LogP contribution in [0.2, 0.25) is 0 Å². The SMILES string of the molecule is CC(C)(C)OC(=O)N1COC(=O)C1(C)CCC(=O)n1ccnc1. The number of rotatable bonds is 3. The maximum atomic E-state index is 12.3. The molecule has 1 fully saturated rings. The van der Waals surface area contributed by atoms with Crippen molar-refractivity contribution in [3.63, 3.8) is 0 Å². The van der Waals surface area contributed by atoms with E-state index in [1.807, 2.05) is 0 Å². The number of esters is 1. The molecule has 2 heterocycles. The maximum absolute atomic E-state index is 12.3. The first-order valence-corrected chi connectivity index (χ1v) is 7.32. The number of carbonyl (C=O) groups is 3.